The van der Waals surface area contributed by atoms with Crippen LogP contribution in [0.25, 0.3) is 0 Å². The van der Waals surface area contributed by atoms with Gasteiger partial charge in [0.2, 0.25) is 0 Å². The monoisotopic (exact) mass is 176 g/mol. The molecule has 0 saturated heterocycles. The van der Waals surface area contributed by atoms with Crippen molar-refractivity contribution in [3.63, 3.8) is 0 Å². The third-order valence-corrected chi connectivity index (χ3v) is 1.31. The highest BCUT2D eigenvalue weighted by Gasteiger charge is 1.91. The van der Waals surface area contributed by atoms with Gasteiger partial charge >= 0.3 is 0 Å². The van der Waals surface area contributed by atoms with E-state index < -0.39 is 0 Å². The summed E-state index contributed by atoms with van der Waals surface area (Å²) in [6.45, 7) is 4.25. The van der Waals surface area contributed by atoms with Gasteiger partial charge in [-0.25, -0.2) is 0 Å². The van der Waals surface area contributed by atoms with Crippen LogP contribution in [0.5, 0.6) is 0 Å². The minimum Gasteiger partial charge on any atom is -0.308 e. The van der Waals surface area contributed by atoms with Crippen molar-refractivity contribution >= 4 is 12.4 Å². The Labute approximate surface area is 79.6 Å². The molecule has 13 heavy (non-hydrogen) atoms. The fourth-order valence-corrected chi connectivity index (χ4v) is 0.774. The molecule has 0 aliphatic heterocycles. The summed E-state index contributed by atoms with van der Waals surface area (Å²) >= 11 is 0. The van der Waals surface area contributed by atoms with Gasteiger partial charge in [-0.15, -0.1) is 0 Å². The number of hydrogen-bond donors (Lipinski definition) is 2. The molecule has 0 saturated carbocycles. The molecule has 1 rings (SSSR count). The summed E-state index contributed by atoms with van der Waals surface area (Å²) in [5, 5.41) is 13.9. The van der Waals surface area contributed by atoms with E-state index >= 15 is 0 Å². The molecule has 1 aromatic carbocycles. The molecule has 0 amide bonds. The Kier molecular flexibility index (Phi) is 6.42. The van der Waals surface area contributed by atoms with Crippen LogP contribution in [0.1, 0.15) is 31.4 Å². The molecular formula is C11H16N2. The first-order valence-corrected chi connectivity index (χ1v) is 4.40. The van der Waals surface area contributed by atoms with Gasteiger partial charge in [0.15, 0.2) is 0 Å². The van der Waals surface area contributed by atoms with Crippen molar-refractivity contribution in [3.05, 3.63) is 35.4 Å². The van der Waals surface area contributed by atoms with Crippen LogP contribution >= 0.6 is 0 Å². The molecule has 0 radical (unpaired) electrons. The molecule has 2 N–H and O–H groups in total. The van der Waals surface area contributed by atoms with Gasteiger partial charge in [-0.2, -0.15) is 0 Å². The molecule has 0 heterocycles. The molecular weight excluding hydrogens is 160 g/mol. The summed E-state index contributed by atoms with van der Waals surface area (Å²) in [6.07, 6.45) is 3.75. The van der Waals surface area contributed by atoms with Crippen LogP contribution in [0.15, 0.2) is 24.3 Å². The summed E-state index contributed by atoms with van der Waals surface area (Å²) in [7, 11) is 0. The van der Waals surface area contributed by atoms with Gasteiger partial charge in [-0.05, 0) is 0 Å². The minimum atomic E-state index is 0.789. The predicted octanol–water partition coefficient (Wildman–Crippen LogP) is 3.10. The van der Waals surface area contributed by atoms with Crippen LogP contribution in [0, 0.1) is 10.8 Å². The fraction of sp³-hybridized carbons (Fsp3) is 0.273. The van der Waals surface area contributed by atoms with E-state index in [4.69, 9.17) is 10.8 Å². The minimum absolute atomic E-state index is 0.789. The van der Waals surface area contributed by atoms with E-state index in [-0.39, 0.29) is 0 Å². The first-order chi connectivity index (χ1) is 6.29. The maximum Gasteiger partial charge on any atom is 0.0256 e. The SMILES string of the molecule is CCC.N=Cc1ccccc1C=N. The van der Waals surface area contributed by atoms with Crippen LogP contribution in [0.4, 0.5) is 0 Å². The summed E-state index contributed by atoms with van der Waals surface area (Å²) in [6, 6.07) is 7.33. The van der Waals surface area contributed by atoms with Gasteiger partial charge in [0.1, 0.15) is 0 Å². The first-order valence-electron chi connectivity index (χ1n) is 4.40. The summed E-state index contributed by atoms with van der Waals surface area (Å²) in [4.78, 5) is 0. The molecule has 0 atom stereocenters. The highest BCUT2D eigenvalue weighted by atomic mass is 14.3. The van der Waals surface area contributed by atoms with E-state index in [2.05, 4.69) is 13.8 Å². The van der Waals surface area contributed by atoms with E-state index in [1.54, 1.807) is 0 Å². The Morgan fingerprint density at radius 1 is 1.00 bits per heavy atom. The second kappa shape index (κ2) is 7.22. The molecule has 0 unspecified atom stereocenters. The summed E-state index contributed by atoms with van der Waals surface area (Å²) < 4.78 is 0. The van der Waals surface area contributed by atoms with Crippen molar-refractivity contribution < 1.29 is 0 Å². The molecule has 0 aliphatic carbocycles. The Hall–Kier alpha value is -1.44. The smallest absolute Gasteiger partial charge is 0.0256 e. The van der Waals surface area contributed by atoms with Crippen molar-refractivity contribution in [3.8, 4) is 0 Å². The first kappa shape index (κ1) is 11.6. The molecule has 0 aromatic heterocycles. The quantitative estimate of drug-likeness (QED) is 0.650. The number of nitrogens with one attached hydrogen (secondary N) is 2. The molecule has 0 fully saturated rings. The molecule has 70 valence electrons. The third-order valence-electron chi connectivity index (χ3n) is 1.31. The van der Waals surface area contributed by atoms with Gasteiger partial charge in [0.25, 0.3) is 0 Å². The molecule has 0 aliphatic rings. The van der Waals surface area contributed by atoms with E-state index in [1.165, 1.54) is 18.9 Å². The van der Waals surface area contributed by atoms with Crippen LogP contribution in [-0.4, -0.2) is 12.4 Å². The number of benzene rings is 1. The van der Waals surface area contributed by atoms with Crippen molar-refractivity contribution in [2.45, 2.75) is 20.3 Å². The van der Waals surface area contributed by atoms with Crippen LogP contribution in [-0.2, 0) is 0 Å². The zero-order valence-corrected chi connectivity index (χ0v) is 8.17. The van der Waals surface area contributed by atoms with Crippen molar-refractivity contribution in [2.24, 2.45) is 0 Å². The topological polar surface area (TPSA) is 47.7 Å². The van der Waals surface area contributed by atoms with Gasteiger partial charge < -0.3 is 10.8 Å². The predicted molar refractivity (Wildman–Crippen MR) is 58.2 cm³/mol. The zero-order valence-electron chi connectivity index (χ0n) is 8.17. The van der Waals surface area contributed by atoms with Crippen LogP contribution in [0.3, 0.4) is 0 Å². The second-order valence-corrected chi connectivity index (χ2v) is 2.62. The van der Waals surface area contributed by atoms with Gasteiger partial charge in [-0.3, -0.25) is 0 Å². The van der Waals surface area contributed by atoms with E-state index in [9.17, 15) is 0 Å². The Balaban J connectivity index is 0.000000424. The lowest BCUT2D eigenvalue weighted by Gasteiger charge is -1.94. The normalized spacial score (nSPS) is 8.15. The van der Waals surface area contributed by atoms with E-state index in [0.717, 1.165) is 11.1 Å². The summed E-state index contributed by atoms with van der Waals surface area (Å²) in [5.74, 6) is 0. The highest BCUT2D eigenvalue weighted by molar-refractivity contribution is 5.91. The van der Waals surface area contributed by atoms with E-state index in [1.807, 2.05) is 24.3 Å². The van der Waals surface area contributed by atoms with Gasteiger partial charge in [0.05, 0.1) is 0 Å². The fourth-order valence-electron chi connectivity index (χ4n) is 0.774. The largest absolute Gasteiger partial charge is 0.308 e. The van der Waals surface area contributed by atoms with Crippen molar-refractivity contribution in [2.75, 3.05) is 0 Å². The maximum absolute atomic E-state index is 6.96. The molecule has 0 bridgehead atoms. The van der Waals surface area contributed by atoms with Crippen molar-refractivity contribution in [1.29, 1.82) is 10.8 Å². The molecule has 2 nitrogen and oxygen atoms in total. The lowest BCUT2D eigenvalue weighted by atomic mass is 10.1. The average molecular weight is 176 g/mol. The zero-order chi connectivity index (χ0) is 10.1. The highest BCUT2D eigenvalue weighted by Crippen LogP contribution is 2.01. The lowest BCUT2D eigenvalue weighted by Crippen LogP contribution is -1.87. The lowest BCUT2D eigenvalue weighted by molar-refractivity contribution is 1.09. The number of rotatable bonds is 2. The Morgan fingerprint density at radius 3 is 1.54 bits per heavy atom. The molecule has 0 spiro atoms. The Bertz CT molecular complexity index is 240. The molecule has 1 aromatic rings. The van der Waals surface area contributed by atoms with Crippen LogP contribution < -0.4 is 0 Å². The number of hydrogen-bond acceptors (Lipinski definition) is 2. The van der Waals surface area contributed by atoms with Gasteiger partial charge in [-0.1, -0.05) is 44.5 Å². The van der Waals surface area contributed by atoms with Crippen molar-refractivity contribution in [1.82, 2.24) is 0 Å². The van der Waals surface area contributed by atoms with E-state index in [0.29, 0.717) is 0 Å². The second-order valence-electron chi connectivity index (χ2n) is 2.62. The molecule has 2 heteroatoms. The summed E-state index contributed by atoms with van der Waals surface area (Å²) in [5.41, 5.74) is 1.58. The standard InChI is InChI=1S/C8H8N2.C3H8/c9-5-7-3-1-2-4-8(7)6-10;1-3-2/h1-6,9-10H;3H2,1-2H3. The Morgan fingerprint density at radius 2 is 1.31 bits per heavy atom. The third kappa shape index (κ3) is 4.21. The van der Waals surface area contributed by atoms with Gasteiger partial charge in [0, 0.05) is 23.6 Å². The average Bonchev–Trinajstić information content (AvgIpc) is 2.19. The maximum atomic E-state index is 6.96. The van der Waals surface area contributed by atoms with Crippen LogP contribution in [0.2, 0.25) is 0 Å².